The molecule has 1 aromatic rings. The quantitative estimate of drug-likeness (QED) is 0.822. The minimum absolute atomic E-state index is 0.316. The van der Waals surface area contributed by atoms with Gasteiger partial charge in [-0.25, -0.2) is 0 Å². The zero-order chi connectivity index (χ0) is 14.5. The maximum Gasteiger partial charge on any atom is 0.309 e. The molecule has 0 saturated carbocycles. The average molecular weight is 267 g/mol. The monoisotopic (exact) mass is 267 g/mol. The number of carboxylic acid groups (broad SMARTS) is 1. The van der Waals surface area contributed by atoms with Gasteiger partial charge in [-0.1, -0.05) is 13.3 Å². The molecule has 0 aliphatic heterocycles. The summed E-state index contributed by atoms with van der Waals surface area (Å²) in [7, 11) is 3.07. The summed E-state index contributed by atoms with van der Waals surface area (Å²) < 4.78 is 10.5. The van der Waals surface area contributed by atoms with Crippen LogP contribution in [0.2, 0.25) is 0 Å². The third-order valence-corrected chi connectivity index (χ3v) is 3.24. The highest BCUT2D eigenvalue weighted by atomic mass is 16.5. The van der Waals surface area contributed by atoms with Gasteiger partial charge in [0.15, 0.2) is 11.5 Å². The van der Waals surface area contributed by atoms with Crippen LogP contribution in [-0.2, 0) is 11.2 Å². The SMILES string of the molecule is CCCC(C)(Cc1nccc(OC)c1OC)C(=O)O. The van der Waals surface area contributed by atoms with E-state index in [2.05, 4.69) is 4.98 Å². The number of carbonyl (C=O) groups is 1. The first kappa shape index (κ1) is 15.3. The molecular weight excluding hydrogens is 246 g/mol. The van der Waals surface area contributed by atoms with Crippen molar-refractivity contribution in [2.45, 2.75) is 33.1 Å². The van der Waals surface area contributed by atoms with Crippen molar-refractivity contribution in [3.63, 3.8) is 0 Å². The van der Waals surface area contributed by atoms with E-state index >= 15 is 0 Å². The van der Waals surface area contributed by atoms with Crippen molar-refractivity contribution in [1.29, 1.82) is 0 Å². The molecule has 0 aliphatic carbocycles. The first-order chi connectivity index (χ1) is 8.98. The number of carboxylic acids is 1. The smallest absolute Gasteiger partial charge is 0.309 e. The molecule has 1 atom stereocenters. The Morgan fingerprint density at radius 3 is 2.58 bits per heavy atom. The van der Waals surface area contributed by atoms with Crippen molar-refractivity contribution in [3.05, 3.63) is 18.0 Å². The molecule has 0 aromatic carbocycles. The molecule has 19 heavy (non-hydrogen) atoms. The average Bonchev–Trinajstić information content (AvgIpc) is 2.38. The van der Waals surface area contributed by atoms with Gasteiger partial charge < -0.3 is 14.6 Å². The van der Waals surface area contributed by atoms with Crippen LogP contribution in [0.5, 0.6) is 11.5 Å². The lowest BCUT2D eigenvalue weighted by Gasteiger charge is -2.24. The van der Waals surface area contributed by atoms with Crippen LogP contribution in [0.3, 0.4) is 0 Å². The van der Waals surface area contributed by atoms with Gasteiger partial charge in [0, 0.05) is 18.7 Å². The van der Waals surface area contributed by atoms with E-state index in [0.717, 1.165) is 6.42 Å². The van der Waals surface area contributed by atoms with E-state index < -0.39 is 11.4 Å². The molecule has 1 unspecified atom stereocenters. The zero-order valence-electron chi connectivity index (χ0n) is 11.9. The fourth-order valence-electron chi connectivity index (χ4n) is 2.17. The Balaban J connectivity index is 3.13. The second kappa shape index (κ2) is 6.41. The van der Waals surface area contributed by atoms with Gasteiger partial charge in [0.1, 0.15) is 0 Å². The molecule has 0 bridgehead atoms. The lowest BCUT2D eigenvalue weighted by Crippen LogP contribution is -2.30. The highest BCUT2D eigenvalue weighted by Crippen LogP contribution is 2.35. The lowest BCUT2D eigenvalue weighted by molar-refractivity contribution is -0.148. The first-order valence-electron chi connectivity index (χ1n) is 6.27. The molecule has 1 aromatic heterocycles. The topological polar surface area (TPSA) is 68.7 Å². The van der Waals surface area contributed by atoms with Crippen LogP contribution in [0.4, 0.5) is 0 Å². The van der Waals surface area contributed by atoms with Gasteiger partial charge in [0.05, 0.1) is 25.3 Å². The van der Waals surface area contributed by atoms with Gasteiger partial charge in [-0.15, -0.1) is 0 Å². The number of aliphatic carboxylic acids is 1. The van der Waals surface area contributed by atoms with Crippen molar-refractivity contribution < 1.29 is 19.4 Å². The molecule has 0 spiro atoms. The Labute approximate surface area is 113 Å². The number of hydrogen-bond donors (Lipinski definition) is 1. The summed E-state index contributed by atoms with van der Waals surface area (Å²) in [5.41, 5.74) is -0.235. The van der Waals surface area contributed by atoms with Gasteiger partial charge in [-0.3, -0.25) is 9.78 Å². The minimum Gasteiger partial charge on any atom is -0.493 e. The molecule has 0 amide bonds. The number of hydrogen-bond acceptors (Lipinski definition) is 4. The molecule has 1 N–H and O–H groups in total. The second-order valence-corrected chi connectivity index (χ2v) is 4.79. The maximum atomic E-state index is 11.5. The lowest BCUT2D eigenvalue weighted by atomic mass is 9.81. The van der Waals surface area contributed by atoms with E-state index in [-0.39, 0.29) is 0 Å². The van der Waals surface area contributed by atoms with Crippen LogP contribution < -0.4 is 9.47 Å². The molecular formula is C14H21NO4. The number of methoxy groups -OCH3 is 2. The van der Waals surface area contributed by atoms with E-state index in [9.17, 15) is 9.90 Å². The van der Waals surface area contributed by atoms with Gasteiger partial charge in [-0.2, -0.15) is 0 Å². The van der Waals surface area contributed by atoms with E-state index in [1.807, 2.05) is 6.92 Å². The highest BCUT2D eigenvalue weighted by Gasteiger charge is 2.34. The minimum atomic E-state index is -0.846. The van der Waals surface area contributed by atoms with Crippen molar-refractivity contribution in [2.75, 3.05) is 14.2 Å². The first-order valence-corrected chi connectivity index (χ1v) is 6.27. The van der Waals surface area contributed by atoms with E-state index in [0.29, 0.717) is 30.0 Å². The molecule has 1 heterocycles. The molecule has 1 rings (SSSR count). The second-order valence-electron chi connectivity index (χ2n) is 4.79. The largest absolute Gasteiger partial charge is 0.493 e. The van der Waals surface area contributed by atoms with Crippen molar-refractivity contribution in [3.8, 4) is 11.5 Å². The predicted molar refractivity (Wildman–Crippen MR) is 71.7 cm³/mol. The van der Waals surface area contributed by atoms with Crippen LogP contribution in [0, 0.1) is 5.41 Å². The Bertz CT molecular complexity index is 447. The van der Waals surface area contributed by atoms with Crippen LogP contribution in [0.1, 0.15) is 32.4 Å². The van der Waals surface area contributed by atoms with Crippen LogP contribution in [0.25, 0.3) is 0 Å². The summed E-state index contributed by atoms with van der Waals surface area (Å²) in [6.45, 7) is 3.71. The Morgan fingerprint density at radius 1 is 1.42 bits per heavy atom. The highest BCUT2D eigenvalue weighted by molar-refractivity contribution is 5.74. The molecule has 5 nitrogen and oxygen atoms in total. The Kier molecular flexibility index (Phi) is 5.15. The zero-order valence-corrected chi connectivity index (χ0v) is 11.9. The van der Waals surface area contributed by atoms with Crippen molar-refractivity contribution in [1.82, 2.24) is 4.98 Å². The summed E-state index contributed by atoms with van der Waals surface area (Å²) in [4.78, 5) is 15.7. The standard InChI is InChI=1S/C14H21NO4/c1-5-7-14(2,13(16)17)9-10-12(19-4)11(18-3)6-8-15-10/h6,8H,5,7,9H2,1-4H3,(H,16,17). The summed E-state index contributed by atoms with van der Waals surface area (Å²) in [6, 6.07) is 1.69. The fourth-order valence-corrected chi connectivity index (χ4v) is 2.17. The third kappa shape index (κ3) is 3.36. The number of nitrogens with zero attached hydrogens (tertiary/aromatic N) is 1. The van der Waals surface area contributed by atoms with E-state index in [1.165, 1.54) is 7.11 Å². The molecule has 0 fully saturated rings. The van der Waals surface area contributed by atoms with Gasteiger partial charge in [0.25, 0.3) is 0 Å². The predicted octanol–water partition coefficient (Wildman–Crippen LogP) is 2.53. The molecule has 0 radical (unpaired) electrons. The normalized spacial score (nSPS) is 13.7. The van der Waals surface area contributed by atoms with Crippen molar-refractivity contribution >= 4 is 5.97 Å². The Morgan fingerprint density at radius 2 is 2.11 bits per heavy atom. The number of rotatable bonds is 7. The summed E-state index contributed by atoms with van der Waals surface area (Å²) >= 11 is 0. The number of ether oxygens (including phenoxy) is 2. The van der Waals surface area contributed by atoms with Crippen LogP contribution >= 0.6 is 0 Å². The van der Waals surface area contributed by atoms with Crippen molar-refractivity contribution in [2.24, 2.45) is 5.41 Å². The van der Waals surface area contributed by atoms with Gasteiger partial charge >= 0.3 is 5.97 Å². The third-order valence-electron chi connectivity index (χ3n) is 3.24. The van der Waals surface area contributed by atoms with Gasteiger partial charge in [-0.05, 0) is 13.3 Å². The molecule has 0 saturated heterocycles. The number of aromatic nitrogens is 1. The van der Waals surface area contributed by atoms with Crippen LogP contribution in [-0.4, -0.2) is 30.3 Å². The van der Waals surface area contributed by atoms with E-state index in [4.69, 9.17) is 9.47 Å². The summed E-state index contributed by atoms with van der Waals surface area (Å²) in [5.74, 6) is 0.256. The molecule has 106 valence electrons. The maximum absolute atomic E-state index is 11.5. The van der Waals surface area contributed by atoms with E-state index in [1.54, 1.807) is 26.3 Å². The summed E-state index contributed by atoms with van der Waals surface area (Å²) in [5, 5.41) is 9.42. The van der Waals surface area contributed by atoms with Crippen LogP contribution in [0.15, 0.2) is 12.3 Å². The van der Waals surface area contributed by atoms with Gasteiger partial charge in [0.2, 0.25) is 0 Å². The molecule has 5 heteroatoms. The fraction of sp³-hybridized carbons (Fsp3) is 0.571. The molecule has 0 aliphatic rings. The Hall–Kier alpha value is -1.78. The summed E-state index contributed by atoms with van der Waals surface area (Å²) in [6.07, 6.45) is 3.31. The number of pyridine rings is 1.